The number of aromatic nitrogens is 1. The van der Waals surface area contributed by atoms with Crippen molar-refractivity contribution in [3.63, 3.8) is 0 Å². The van der Waals surface area contributed by atoms with E-state index in [2.05, 4.69) is 96.5 Å². The van der Waals surface area contributed by atoms with E-state index < -0.39 is 0 Å². The molecule has 0 aliphatic carbocycles. The molecule has 30 heavy (non-hydrogen) atoms. The predicted octanol–water partition coefficient (Wildman–Crippen LogP) is 6.73. The standard InChI is InChI=1S/C27H21N3/c1-27(2)22-10-4-7-13-25(22)30(26-14-8-5-11-23(26)27)24-12-6-3-9-21(24)20-15-19(16-28)17-29-18-20/h3-15,17-18H,1-2H3. The molecule has 1 aliphatic rings. The molecule has 0 fully saturated rings. The van der Waals surface area contributed by atoms with E-state index >= 15 is 0 Å². The number of pyridine rings is 1. The van der Waals surface area contributed by atoms with E-state index in [0.29, 0.717) is 5.56 Å². The van der Waals surface area contributed by atoms with Gasteiger partial charge in [0.25, 0.3) is 0 Å². The van der Waals surface area contributed by atoms with Crippen molar-refractivity contribution >= 4 is 17.1 Å². The first kappa shape index (κ1) is 18.1. The van der Waals surface area contributed by atoms with Gasteiger partial charge < -0.3 is 4.90 Å². The van der Waals surface area contributed by atoms with Crippen LogP contribution in [0.1, 0.15) is 30.5 Å². The van der Waals surface area contributed by atoms with Crippen LogP contribution in [0.15, 0.2) is 91.3 Å². The van der Waals surface area contributed by atoms with Gasteiger partial charge in [0.1, 0.15) is 6.07 Å². The van der Waals surface area contributed by atoms with Crippen LogP contribution < -0.4 is 4.90 Å². The fraction of sp³-hybridized carbons (Fsp3) is 0.111. The summed E-state index contributed by atoms with van der Waals surface area (Å²) in [5.41, 5.74) is 8.46. The quantitative estimate of drug-likeness (QED) is 0.383. The molecule has 0 atom stereocenters. The van der Waals surface area contributed by atoms with Crippen molar-refractivity contribution < 1.29 is 0 Å². The van der Waals surface area contributed by atoms with E-state index in [0.717, 1.165) is 16.8 Å². The van der Waals surface area contributed by atoms with Crippen molar-refractivity contribution in [2.45, 2.75) is 19.3 Å². The summed E-state index contributed by atoms with van der Waals surface area (Å²) >= 11 is 0. The Bertz CT molecular complexity index is 1250. The Kier molecular flexibility index (Phi) is 4.15. The zero-order chi connectivity index (χ0) is 20.7. The summed E-state index contributed by atoms with van der Waals surface area (Å²) in [5.74, 6) is 0. The van der Waals surface area contributed by atoms with Crippen molar-refractivity contribution in [1.29, 1.82) is 5.26 Å². The maximum Gasteiger partial charge on any atom is 0.101 e. The van der Waals surface area contributed by atoms with Gasteiger partial charge in [0.2, 0.25) is 0 Å². The number of hydrogen-bond acceptors (Lipinski definition) is 3. The van der Waals surface area contributed by atoms with Gasteiger partial charge >= 0.3 is 0 Å². The average Bonchev–Trinajstić information content (AvgIpc) is 2.80. The maximum absolute atomic E-state index is 9.34. The summed E-state index contributed by atoms with van der Waals surface area (Å²) in [6.45, 7) is 4.57. The summed E-state index contributed by atoms with van der Waals surface area (Å²) in [6, 6.07) is 29.7. The molecule has 0 bridgehead atoms. The Labute approximate surface area is 176 Å². The highest BCUT2D eigenvalue weighted by atomic mass is 15.2. The van der Waals surface area contributed by atoms with Crippen LogP contribution >= 0.6 is 0 Å². The molecule has 5 rings (SSSR count). The lowest BCUT2D eigenvalue weighted by atomic mass is 9.73. The van der Waals surface area contributed by atoms with Gasteiger partial charge in [-0.05, 0) is 35.4 Å². The first-order valence-electron chi connectivity index (χ1n) is 10.0. The third-order valence-corrected chi connectivity index (χ3v) is 5.96. The van der Waals surface area contributed by atoms with Gasteiger partial charge in [0.15, 0.2) is 0 Å². The maximum atomic E-state index is 9.34. The number of hydrogen-bond donors (Lipinski definition) is 0. The Hall–Kier alpha value is -3.90. The molecule has 1 aliphatic heterocycles. The molecular weight excluding hydrogens is 366 g/mol. The number of fused-ring (bicyclic) bond motifs is 2. The van der Waals surface area contributed by atoms with E-state index in [1.807, 2.05) is 18.3 Å². The highest BCUT2D eigenvalue weighted by molar-refractivity contribution is 5.92. The molecule has 3 nitrogen and oxygen atoms in total. The summed E-state index contributed by atoms with van der Waals surface area (Å²) in [7, 11) is 0. The lowest BCUT2D eigenvalue weighted by Gasteiger charge is -2.42. The molecule has 1 aromatic heterocycles. The van der Waals surface area contributed by atoms with E-state index in [4.69, 9.17) is 0 Å². The summed E-state index contributed by atoms with van der Waals surface area (Å²) in [5, 5.41) is 9.34. The minimum absolute atomic E-state index is 0.0963. The average molecular weight is 387 g/mol. The third kappa shape index (κ3) is 2.69. The molecule has 2 heterocycles. The van der Waals surface area contributed by atoms with Crippen LogP contribution in [-0.2, 0) is 5.41 Å². The van der Waals surface area contributed by atoms with Crippen molar-refractivity contribution in [2.24, 2.45) is 0 Å². The van der Waals surface area contributed by atoms with E-state index in [-0.39, 0.29) is 5.41 Å². The Balaban J connectivity index is 1.80. The number of benzene rings is 3. The van der Waals surface area contributed by atoms with Crippen LogP contribution in [0.25, 0.3) is 11.1 Å². The SMILES string of the molecule is CC1(C)c2ccccc2N(c2ccccc2-c2cncc(C#N)c2)c2ccccc21. The summed E-state index contributed by atoms with van der Waals surface area (Å²) in [4.78, 5) is 6.63. The van der Waals surface area contributed by atoms with Gasteiger partial charge in [-0.3, -0.25) is 4.98 Å². The first-order valence-corrected chi connectivity index (χ1v) is 10.0. The number of nitrogens with zero attached hydrogens (tertiary/aromatic N) is 3. The second kappa shape index (κ2) is 6.86. The lowest BCUT2D eigenvalue weighted by molar-refractivity contribution is 0.632. The molecule has 144 valence electrons. The Morgan fingerprint density at radius 3 is 1.97 bits per heavy atom. The van der Waals surface area contributed by atoms with Crippen molar-refractivity contribution in [1.82, 2.24) is 4.98 Å². The van der Waals surface area contributed by atoms with E-state index in [1.54, 1.807) is 6.20 Å². The highest BCUT2D eigenvalue weighted by Gasteiger charge is 2.36. The zero-order valence-electron chi connectivity index (χ0n) is 17.0. The minimum atomic E-state index is -0.0963. The van der Waals surface area contributed by atoms with Crippen LogP contribution in [0.3, 0.4) is 0 Å². The van der Waals surface area contributed by atoms with Crippen molar-refractivity contribution in [3.05, 3.63) is 108 Å². The normalized spacial score (nSPS) is 13.8. The van der Waals surface area contributed by atoms with Gasteiger partial charge in [0, 0.05) is 28.9 Å². The molecule has 3 aromatic carbocycles. The van der Waals surface area contributed by atoms with Crippen LogP contribution in [0, 0.1) is 11.3 Å². The van der Waals surface area contributed by atoms with Crippen LogP contribution in [0.5, 0.6) is 0 Å². The molecule has 0 N–H and O–H groups in total. The van der Waals surface area contributed by atoms with E-state index in [1.165, 1.54) is 22.5 Å². The largest absolute Gasteiger partial charge is 0.309 e. The fourth-order valence-corrected chi connectivity index (χ4v) is 4.49. The van der Waals surface area contributed by atoms with E-state index in [9.17, 15) is 5.26 Å². The third-order valence-electron chi connectivity index (χ3n) is 5.96. The zero-order valence-corrected chi connectivity index (χ0v) is 17.0. The second-order valence-electron chi connectivity index (χ2n) is 8.09. The predicted molar refractivity (Wildman–Crippen MR) is 121 cm³/mol. The number of nitriles is 1. The molecule has 0 radical (unpaired) electrons. The minimum Gasteiger partial charge on any atom is -0.309 e. The van der Waals surface area contributed by atoms with Crippen molar-refractivity contribution in [2.75, 3.05) is 4.90 Å². The molecule has 0 saturated heterocycles. The molecule has 0 amide bonds. The smallest absolute Gasteiger partial charge is 0.101 e. The molecule has 0 unspecified atom stereocenters. The fourth-order valence-electron chi connectivity index (χ4n) is 4.49. The summed E-state index contributed by atoms with van der Waals surface area (Å²) < 4.78 is 0. The van der Waals surface area contributed by atoms with Crippen molar-refractivity contribution in [3.8, 4) is 17.2 Å². The van der Waals surface area contributed by atoms with Gasteiger partial charge in [-0.15, -0.1) is 0 Å². The molecule has 0 saturated carbocycles. The Morgan fingerprint density at radius 1 is 0.767 bits per heavy atom. The first-order chi connectivity index (χ1) is 14.6. The van der Waals surface area contributed by atoms with Gasteiger partial charge in [-0.2, -0.15) is 5.26 Å². The molecule has 3 heteroatoms. The van der Waals surface area contributed by atoms with Crippen LogP contribution in [0.4, 0.5) is 17.1 Å². The van der Waals surface area contributed by atoms with Crippen LogP contribution in [0.2, 0.25) is 0 Å². The second-order valence-corrected chi connectivity index (χ2v) is 8.09. The number of para-hydroxylation sites is 3. The molecule has 4 aromatic rings. The Morgan fingerprint density at radius 2 is 1.33 bits per heavy atom. The topological polar surface area (TPSA) is 39.9 Å². The number of anilines is 3. The molecule has 0 spiro atoms. The van der Waals surface area contributed by atoms with Gasteiger partial charge in [-0.1, -0.05) is 68.4 Å². The summed E-state index contributed by atoms with van der Waals surface area (Å²) in [6.07, 6.45) is 3.42. The lowest BCUT2D eigenvalue weighted by Crippen LogP contribution is -2.30. The van der Waals surface area contributed by atoms with Gasteiger partial charge in [0.05, 0.1) is 22.6 Å². The molecular formula is C27H21N3. The van der Waals surface area contributed by atoms with Gasteiger partial charge in [-0.25, -0.2) is 0 Å². The monoisotopic (exact) mass is 387 g/mol. The van der Waals surface area contributed by atoms with Crippen LogP contribution in [-0.4, -0.2) is 4.98 Å². The number of rotatable bonds is 2. The highest BCUT2D eigenvalue weighted by Crippen LogP contribution is 2.52.